The van der Waals surface area contributed by atoms with Gasteiger partial charge in [-0.15, -0.1) is 0 Å². The van der Waals surface area contributed by atoms with Crippen LogP contribution >= 0.6 is 23.2 Å². The van der Waals surface area contributed by atoms with Crippen molar-refractivity contribution in [1.29, 1.82) is 0 Å². The summed E-state index contributed by atoms with van der Waals surface area (Å²) in [7, 11) is 1.60. The van der Waals surface area contributed by atoms with E-state index in [9.17, 15) is 9.59 Å². The lowest BCUT2D eigenvalue weighted by atomic mass is 9.86. The fraction of sp³-hybridized carbons (Fsp3) is 0.351. The fourth-order valence-corrected chi connectivity index (χ4v) is 7.66. The molecule has 0 saturated carbocycles. The van der Waals surface area contributed by atoms with Gasteiger partial charge in [0.25, 0.3) is 0 Å². The quantitative estimate of drug-likeness (QED) is 0.154. The van der Waals surface area contributed by atoms with Gasteiger partial charge in [0.15, 0.2) is 0 Å². The number of hydrogen-bond donors (Lipinski definition) is 4. The van der Waals surface area contributed by atoms with Gasteiger partial charge in [0.1, 0.15) is 0 Å². The monoisotopic (exact) mass is 684 g/mol. The molecule has 4 aromatic rings. The number of amides is 2. The predicted octanol–water partition coefficient (Wildman–Crippen LogP) is 6.36. The molecule has 0 spiro atoms. The van der Waals surface area contributed by atoms with Crippen LogP contribution < -0.4 is 26.0 Å². The summed E-state index contributed by atoms with van der Waals surface area (Å²) in [6.07, 6.45) is 7.64. The van der Waals surface area contributed by atoms with Crippen molar-refractivity contribution in [1.82, 2.24) is 31.2 Å². The first-order valence-corrected chi connectivity index (χ1v) is 17.3. The molecule has 7 rings (SSSR count). The third kappa shape index (κ3) is 6.78. The molecule has 2 aromatic carbocycles. The summed E-state index contributed by atoms with van der Waals surface area (Å²) in [5.74, 6) is 0.689. The van der Waals surface area contributed by atoms with Crippen LogP contribution in [0.1, 0.15) is 61.3 Å². The van der Waals surface area contributed by atoms with Crippen LogP contribution in [0.3, 0.4) is 0 Å². The average molecular weight is 686 g/mol. The largest absolute Gasteiger partial charge is 0.481 e. The molecule has 3 aliphatic rings. The molecule has 2 amide bonds. The first-order valence-electron chi connectivity index (χ1n) is 16.5. The Bertz CT molecular complexity index is 1870. The van der Waals surface area contributed by atoms with Crippen molar-refractivity contribution in [3.8, 4) is 39.5 Å². The van der Waals surface area contributed by atoms with Gasteiger partial charge in [-0.25, -0.2) is 4.98 Å². The number of carbonyl (C=O) groups excluding carboxylic acids is 2. The lowest BCUT2D eigenvalue weighted by molar-refractivity contribution is -0.120. The second-order valence-electron chi connectivity index (χ2n) is 12.7. The fourth-order valence-electron chi connectivity index (χ4n) is 7.01. The van der Waals surface area contributed by atoms with E-state index < -0.39 is 0 Å². The van der Waals surface area contributed by atoms with Gasteiger partial charge < -0.3 is 20.7 Å². The molecule has 48 heavy (non-hydrogen) atoms. The Labute approximate surface area is 290 Å². The molecule has 4 heterocycles. The lowest BCUT2D eigenvalue weighted by Crippen LogP contribution is -2.38. The Balaban J connectivity index is 1.12. The Morgan fingerprint density at radius 1 is 0.875 bits per heavy atom. The van der Waals surface area contributed by atoms with E-state index in [4.69, 9.17) is 37.9 Å². The standard InChI is InChI=1S/C37H38Cl2N6O3/c1-48-37-23(19-42-31-13-15-33(47)45-31)9-12-30(44-37)28-6-3-5-26(34(28)38)27-16-17-40-36(35(27)39)22-8-11-25-21(18-22)4-2-7-29(25)41-20-24-10-14-32(46)43-24/h3,5-6,8-9,11-12,16-18,24,29,31,41-42H,2,4,7,10,13-15,19-20H2,1H3,(H,43,46)(H,45,47). The summed E-state index contributed by atoms with van der Waals surface area (Å²) in [4.78, 5) is 32.7. The molecule has 248 valence electrons. The molecular formula is C37H38Cl2N6O3. The predicted molar refractivity (Wildman–Crippen MR) is 188 cm³/mol. The maximum absolute atomic E-state index is 11.6. The minimum absolute atomic E-state index is 0.0570. The Kier molecular flexibility index (Phi) is 9.64. The summed E-state index contributed by atoms with van der Waals surface area (Å²) in [6.45, 7) is 1.28. The number of benzene rings is 2. The van der Waals surface area contributed by atoms with Gasteiger partial charge >= 0.3 is 0 Å². The van der Waals surface area contributed by atoms with Crippen molar-refractivity contribution in [3.63, 3.8) is 0 Å². The number of carbonyl (C=O) groups is 2. The van der Waals surface area contributed by atoms with Crippen LogP contribution in [0.15, 0.2) is 60.8 Å². The highest BCUT2D eigenvalue weighted by Gasteiger charge is 2.26. The molecule has 2 fully saturated rings. The first kappa shape index (κ1) is 32.5. The second-order valence-corrected chi connectivity index (χ2v) is 13.4. The molecule has 3 unspecified atom stereocenters. The molecule has 0 radical (unpaired) electrons. The van der Waals surface area contributed by atoms with Crippen LogP contribution in [0.4, 0.5) is 0 Å². The Morgan fingerprint density at radius 2 is 1.69 bits per heavy atom. The average Bonchev–Trinajstić information content (AvgIpc) is 3.73. The zero-order valence-electron chi connectivity index (χ0n) is 26.7. The minimum Gasteiger partial charge on any atom is -0.481 e. The third-order valence-electron chi connectivity index (χ3n) is 9.55. The SMILES string of the molecule is COc1nc(-c2cccc(-c3ccnc(-c4ccc5c(c4)CCCC5NCC4CCC(=O)N4)c3Cl)c2Cl)ccc1CNC1CCC(=O)N1. The van der Waals surface area contributed by atoms with Crippen molar-refractivity contribution in [3.05, 3.63) is 87.5 Å². The molecule has 2 aliphatic heterocycles. The number of pyridine rings is 2. The van der Waals surface area contributed by atoms with E-state index in [1.165, 1.54) is 11.1 Å². The summed E-state index contributed by atoms with van der Waals surface area (Å²) >= 11 is 14.2. The number of methoxy groups -OCH3 is 1. The molecule has 0 bridgehead atoms. The van der Waals surface area contributed by atoms with Gasteiger partial charge in [-0.2, -0.15) is 0 Å². The van der Waals surface area contributed by atoms with Crippen LogP contribution in [0.2, 0.25) is 10.0 Å². The molecule has 3 atom stereocenters. The van der Waals surface area contributed by atoms with Crippen molar-refractivity contribution >= 4 is 35.0 Å². The van der Waals surface area contributed by atoms with Crippen LogP contribution in [-0.2, 0) is 22.6 Å². The normalized spacial score (nSPS) is 20.4. The highest BCUT2D eigenvalue weighted by Crippen LogP contribution is 2.42. The number of aryl methyl sites for hydroxylation is 1. The minimum atomic E-state index is -0.0590. The molecule has 11 heteroatoms. The van der Waals surface area contributed by atoms with Crippen molar-refractivity contribution in [2.24, 2.45) is 0 Å². The summed E-state index contributed by atoms with van der Waals surface area (Å²) in [6, 6.07) is 18.6. The molecule has 4 N–H and O–H groups in total. The van der Waals surface area contributed by atoms with Gasteiger partial charge in [0.2, 0.25) is 17.7 Å². The highest BCUT2D eigenvalue weighted by molar-refractivity contribution is 6.39. The summed E-state index contributed by atoms with van der Waals surface area (Å²) < 4.78 is 5.64. The molecule has 9 nitrogen and oxygen atoms in total. The van der Waals surface area contributed by atoms with E-state index in [1.54, 1.807) is 13.3 Å². The number of fused-ring (bicyclic) bond motifs is 1. The summed E-state index contributed by atoms with van der Waals surface area (Å²) in [5, 5.41) is 14.1. The Hall–Kier alpha value is -4.02. The molecule has 2 saturated heterocycles. The van der Waals surface area contributed by atoms with E-state index in [2.05, 4.69) is 39.5 Å². The number of rotatable bonds is 10. The lowest BCUT2D eigenvalue weighted by Gasteiger charge is -2.28. The summed E-state index contributed by atoms with van der Waals surface area (Å²) in [5.41, 5.74) is 8.15. The van der Waals surface area contributed by atoms with E-state index in [0.29, 0.717) is 46.7 Å². The van der Waals surface area contributed by atoms with Crippen LogP contribution in [0.5, 0.6) is 5.88 Å². The topological polar surface area (TPSA) is 117 Å². The van der Waals surface area contributed by atoms with E-state index in [1.807, 2.05) is 36.4 Å². The molecule has 1 aliphatic carbocycles. The van der Waals surface area contributed by atoms with Crippen molar-refractivity contribution in [2.45, 2.75) is 69.7 Å². The first-order chi connectivity index (χ1) is 23.4. The highest BCUT2D eigenvalue weighted by atomic mass is 35.5. The van der Waals surface area contributed by atoms with Crippen LogP contribution in [-0.4, -0.2) is 47.6 Å². The third-order valence-corrected chi connectivity index (χ3v) is 10.3. The number of hydrogen-bond acceptors (Lipinski definition) is 7. The van der Waals surface area contributed by atoms with Crippen molar-refractivity contribution in [2.75, 3.05) is 13.7 Å². The second kappa shape index (κ2) is 14.2. The van der Waals surface area contributed by atoms with E-state index in [0.717, 1.165) is 66.5 Å². The van der Waals surface area contributed by atoms with Gasteiger partial charge in [0, 0.05) is 72.0 Å². The van der Waals surface area contributed by atoms with Gasteiger partial charge in [0.05, 0.1) is 34.7 Å². The van der Waals surface area contributed by atoms with Gasteiger partial charge in [-0.3, -0.25) is 19.9 Å². The Morgan fingerprint density at radius 3 is 2.48 bits per heavy atom. The molecule has 2 aromatic heterocycles. The maximum atomic E-state index is 11.6. The van der Waals surface area contributed by atoms with Gasteiger partial charge in [-0.1, -0.05) is 59.6 Å². The maximum Gasteiger partial charge on any atom is 0.221 e. The van der Waals surface area contributed by atoms with Gasteiger partial charge in [-0.05, 0) is 61.4 Å². The van der Waals surface area contributed by atoms with Crippen molar-refractivity contribution < 1.29 is 14.3 Å². The number of halogens is 2. The zero-order valence-corrected chi connectivity index (χ0v) is 28.3. The van der Waals surface area contributed by atoms with Crippen LogP contribution in [0, 0.1) is 0 Å². The van der Waals surface area contributed by atoms with Crippen LogP contribution in [0.25, 0.3) is 33.6 Å². The smallest absolute Gasteiger partial charge is 0.221 e. The zero-order chi connectivity index (χ0) is 33.2. The number of nitrogens with one attached hydrogen (secondary N) is 4. The number of aromatic nitrogens is 2. The van der Waals surface area contributed by atoms with E-state index in [-0.39, 0.29) is 30.1 Å². The van der Waals surface area contributed by atoms with E-state index >= 15 is 0 Å². The number of nitrogens with zero attached hydrogens (tertiary/aromatic N) is 2. The molecular weight excluding hydrogens is 647 g/mol. The number of ether oxygens (including phenoxy) is 1.